The first kappa shape index (κ1) is 87.1. The van der Waals surface area contributed by atoms with Crippen LogP contribution >= 0.6 is 15.6 Å². The number of rotatable bonds is 67. The Bertz CT molecular complexity index is 1770. The molecule has 0 aliphatic rings. The average molecular weight is 1310 g/mol. The lowest BCUT2D eigenvalue weighted by Gasteiger charge is -2.21. The van der Waals surface area contributed by atoms with Crippen molar-refractivity contribution in [1.29, 1.82) is 0 Å². The summed E-state index contributed by atoms with van der Waals surface area (Å²) in [5.41, 5.74) is 0. The number of hydrogen-bond acceptors (Lipinski definition) is 15. The van der Waals surface area contributed by atoms with Crippen LogP contribution in [0.2, 0.25) is 0 Å². The van der Waals surface area contributed by atoms with Gasteiger partial charge in [0.2, 0.25) is 0 Å². The van der Waals surface area contributed by atoms with Crippen LogP contribution in [0.3, 0.4) is 0 Å². The fraction of sp³-hybridized carbons (Fsp3) is 0.943. The highest BCUT2D eigenvalue weighted by atomic mass is 31.2. The lowest BCUT2D eigenvalue weighted by atomic mass is 9.99. The molecule has 0 rings (SSSR count). The second kappa shape index (κ2) is 59.8. The summed E-state index contributed by atoms with van der Waals surface area (Å²) in [6, 6.07) is 0. The first-order valence-electron chi connectivity index (χ1n) is 36.3. The van der Waals surface area contributed by atoms with Gasteiger partial charge >= 0.3 is 39.5 Å². The van der Waals surface area contributed by atoms with Gasteiger partial charge in [0, 0.05) is 25.7 Å². The third kappa shape index (κ3) is 62.0. The number of hydrogen-bond donors (Lipinski definition) is 3. The molecule has 3 N–H and O–H groups in total. The molecular weight excluding hydrogens is 1170 g/mol. The van der Waals surface area contributed by atoms with Gasteiger partial charge in [-0.25, -0.2) is 9.13 Å². The molecule has 0 radical (unpaired) electrons. The molecule has 7 atom stereocenters. The Hall–Kier alpha value is -1.94. The number of carbonyl (C=O) groups excluding carboxylic acids is 4. The summed E-state index contributed by atoms with van der Waals surface area (Å²) in [4.78, 5) is 72.5. The lowest BCUT2D eigenvalue weighted by Crippen LogP contribution is -2.30. The van der Waals surface area contributed by atoms with E-state index in [0.29, 0.717) is 31.6 Å². The Morgan fingerprint density at radius 1 is 0.315 bits per heavy atom. The molecule has 0 aromatic rings. The van der Waals surface area contributed by atoms with Crippen LogP contribution in [-0.2, 0) is 65.4 Å². The van der Waals surface area contributed by atoms with Crippen molar-refractivity contribution >= 4 is 39.5 Å². The lowest BCUT2D eigenvalue weighted by molar-refractivity contribution is -0.161. The number of carbonyl (C=O) groups is 4. The van der Waals surface area contributed by atoms with Gasteiger partial charge in [0.05, 0.1) is 26.4 Å². The van der Waals surface area contributed by atoms with Gasteiger partial charge in [-0.05, 0) is 49.4 Å². The van der Waals surface area contributed by atoms with Crippen LogP contribution in [0.1, 0.15) is 344 Å². The van der Waals surface area contributed by atoms with Crippen molar-refractivity contribution in [2.45, 2.75) is 363 Å². The number of phosphoric acid groups is 2. The molecular formula is C70H136O17P2. The van der Waals surface area contributed by atoms with E-state index < -0.39 is 97.5 Å². The molecule has 0 spiro atoms. The van der Waals surface area contributed by atoms with Gasteiger partial charge < -0.3 is 33.8 Å². The molecule has 17 nitrogen and oxygen atoms in total. The van der Waals surface area contributed by atoms with Gasteiger partial charge in [-0.1, -0.05) is 293 Å². The molecule has 5 unspecified atom stereocenters. The fourth-order valence-corrected chi connectivity index (χ4v) is 12.0. The van der Waals surface area contributed by atoms with Crippen LogP contribution < -0.4 is 0 Å². The van der Waals surface area contributed by atoms with Crippen LogP contribution in [-0.4, -0.2) is 96.7 Å². The minimum Gasteiger partial charge on any atom is -0.462 e. The molecule has 0 saturated heterocycles. The number of phosphoric ester groups is 2. The molecule has 89 heavy (non-hydrogen) atoms. The van der Waals surface area contributed by atoms with Crippen molar-refractivity contribution in [2.24, 2.45) is 23.7 Å². The van der Waals surface area contributed by atoms with E-state index in [1.165, 1.54) is 135 Å². The van der Waals surface area contributed by atoms with Crippen molar-refractivity contribution in [3.05, 3.63) is 0 Å². The Morgan fingerprint density at radius 3 is 0.798 bits per heavy atom. The average Bonchev–Trinajstić information content (AvgIpc) is 3.69. The summed E-state index contributed by atoms with van der Waals surface area (Å²) in [7, 11) is -9.90. The monoisotopic (exact) mass is 1310 g/mol. The van der Waals surface area contributed by atoms with E-state index in [4.69, 9.17) is 37.0 Å². The van der Waals surface area contributed by atoms with Gasteiger partial charge in [0.1, 0.15) is 19.3 Å². The summed E-state index contributed by atoms with van der Waals surface area (Å²) >= 11 is 0. The van der Waals surface area contributed by atoms with E-state index in [2.05, 4.69) is 55.4 Å². The third-order valence-corrected chi connectivity index (χ3v) is 18.7. The van der Waals surface area contributed by atoms with Crippen molar-refractivity contribution in [2.75, 3.05) is 39.6 Å². The van der Waals surface area contributed by atoms with E-state index in [1.807, 2.05) is 0 Å². The topological polar surface area (TPSA) is 237 Å². The SMILES string of the molecule is CCC(C)CCCCCCCCCCC(=O)O[C@H](COC(=O)CCCCCCCCCC(C)C)COP(=O)(O)OCC(O)COP(=O)(O)OC[C@@H](COC(=O)CCCCCCCCC(C)CC)OC(=O)CCCCCCCCCCCCCCCCC(C)C. The van der Waals surface area contributed by atoms with E-state index in [1.54, 1.807) is 0 Å². The van der Waals surface area contributed by atoms with Crippen LogP contribution in [0.5, 0.6) is 0 Å². The number of aliphatic hydroxyl groups is 1. The number of unbranched alkanes of at least 4 members (excludes halogenated alkanes) is 31. The van der Waals surface area contributed by atoms with Gasteiger partial charge in [-0.2, -0.15) is 0 Å². The molecule has 0 aromatic heterocycles. The molecule has 528 valence electrons. The van der Waals surface area contributed by atoms with E-state index >= 15 is 0 Å². The van der Waals surface area contributed by atoms with Crippen LogP contribution in [0.4, 0.5) is 0 Å². The maximum atomic E-state index is 13.0. The quantitative estimate of drug-likeness (QED) is 0.0222. The number of aliphatic hydroxyl groups excluding tert-OH is 1. The fourth-order valence-electron chi connectivity index (χ4n) is 10.4. The predicted octanol–water partition coefficient (Wildman–Crippen LogP) is 19.7. The Labute approximate surface area is 543 Å². The number of esters is 4. The maximum Gasteiger partial charge on any atom is 0.472 e. The molecule has 0 amide bonds. The van der Waals surface area contributed by atoms with Crippen molar-refractivity contribution in [3.8, 4) is 0 Å². The summed E-state index contributed by atoms with van der Waals surface area (Å²) in [6.45, 7) is 14.1. The molecule has 0 aliphatic heterocycles. The van der Waals surface area contributed by atoms with Crippen LogP contribution in [0, 0.1) is 23.7 Å². The highest BCUT2D eigenvalue weighted by Crippen LogP contribution is 2.45. The highest BCUT2D eigenvalue weighted by molar-refractivity contribution is 7.47. The Balaban J connectivity index is 5.24. The van der Waals surface area contributed by atoms with Gasteiger partial charge in [0.15, 0.2) is 12.2 Å². The molecule has 0 saturated carbocycles. The van der Waals surface area contributed by atoms with E-state index in [0.717, 1.165) is 120 Å². The second-order valence-corrected chi connectivity index (χ2v) is 29.6. The summed E-state index contributed by atoms with van der Waals surface area (Å²) in [6.07, 6.45) is 41.7. The summed E-state index contributed by atoms with van der Waals surface area (Å²) in [5, 5.41) is 10.6. The minimum absolute atomic E-state index is 0.104. The van der Waals surface area contributed by atoms with E-state index in [9.17, 15) is 43.2 Å². The van der Waals surface area contributed by atoms with Gasteiger partial charge in [-0.15, -0.1) is 0 Å². The highest BCUT2D eigenvalue weighted by Gasteiger charge is 2.30. The van der Waals surface area contributed by atoms with E-state index in [-0.39, 0.29) is 25.7 Å². The zero-order valence-electron chi connectivity index (χ0n) is 58.1. The van der Waals surface area contributed by atoms with Gasteiger partial charge in [-0.3, -0.25) is 37.3 Å². The second-order valence-electron chi connectivity index (χ2n) is 26.7. The van der Waals surface area contributed by atoms with Gasteiger partial charge in [0.25, 0.3) is 0 Å². The molecule has 0 fully saturated rings. The maximum absolute atomic E-state index is 13.0. The van der Waals surface area contributed by atoms with Crippen molar-refractivity contribution < 1.29 is 80.2 Å². The molecule has 0 heterocycles. The molecule has 0 bridgehead atoms. The third-order valence-electron chi connectivity index (χ3n) is 16.8. The largest absolute Gasteiger partial charge is 0.472 e. The zero-order chi connectivity index (χ0) is 66.1. The first-order chi connectivity index (χ1) is 42.7. The normalized spacial score (nSPS) is 14.9. The zero-order valence-corrected chi connectivity index (χ0v) is 59.8. The minimum atomic E-state index is -4.95. The Morgan fingerprint density at radius 2 is 0.539 bits per heavy atom. The predicted molar refractivity (Wildman–Crippen MR) is 358 cm³/mol. The number of ether oxygens (including phenoxy) is 4. The Kier molecular flexibility index (Phi) is 58.5. The molecule has 19 heteroatoms. The van der Waals surface area contributed by atoms with Crippen LogP contribution in [0.25, 0.3) is 0 Å². The standard InChI is InChI=1S/C70H136O17P2/c1-9-62(7)48-40-32-24-19-20-26-37-45-53-70(75)87-65(56-80-67(72)50-42-34-27-21-23-31-39-47-61(5)6)58-84-88(76,77)82-54-64(71)55-83-89(78,79)85-59-66(57-81-68(73)51-43-35-29-28-33-41-49-63(8)10-2)86-69(74)52-44-36-25-18-16-14-12-11-13-15-17-22-30-38-46-60(3)4/h60-66,71H,9-59H2,1-8H3,(H,76,77)(H,78,79)/t62?,63?,64?,65-,66-/m1/s1. The first-order valence-corrected chi connectivity index (χ1v) is 39.3. The summed E-state index contributed by atoms with van der Waals surface area (Å²) < 4.78 is 68.3. The van der Waals surface area contributed by atoms with Crippen molar-refractivity contribution in [3.63, 3.8) is 0 Å². The van der Waals surface area contributed by atoms with Crippen molar-refractivity contribution in [1.82, 2.24) is 0 Å². The molecule has 0 aliphatic carbocycles. The van der Waals surface area contributed by atoms with Crippen LogP contribution in [0.15, 0.2) is 0 Å². The summed E-state index contributed by atoms with van der Waals surface area (Å²) in [5.74, 6) is 0.868. The molecule has 0 aromatic carbocycles. The smallest absolute Gasteiger partial charge is 0.462 e.